The quantitative estimate of drug-likeness (QED) is 0.757. The number of hydrogen-bond acceptors (Lipinski definition) is 2. The third-order valence-electron chi connectivity index (χ3n) is 5.95. The number of nitrogens with zero attached hydrogens (tertiary/aromatic N) is 1. The minimum absolute atomic E-state index is 0.0567. The molecule has 0 saturated carbocycles. The van der Waals surface area contributed by atoms with Crippen LogP contribution in [-0.4, -0.2) is 23.6 Å². The van der Waals surface area contributed by atoms with E-state index in [1.165, 1.54) is 28.7 Å². The van der Waals surface area contributed by atoms with Crippen LogP contribution in [0.25, 0.3) is 0 Å². The van der Waals surface area contributed by atoms with Gasteiger partial charge in [-0.25, -0.2) is 0 Å². The first-order valence-electron chi connectivity index (χ1n) is 9.62. The Labute approximate surface area is 155 Å². The highest BCUT2D eigenvalue weighted by Gasteiger charge is 2.28. The second-order valence-corrected chi connectivity index (χ2v) is 7.52. The lowest BCUT2D eigenvalue weighted by atomic mass is 10.0. The molecule has 0 aromatic heterocycles. The Bertz CT molecular complexity index is 855. The molecule has 2 aromatic carbocycles. The van der Waals surface area contributed by atoms with E-state index in [1.807, 2.05) is 30.1 Å². The van der Waals surface area contributed by atoms with Crippen molar-refractivity contribution in [2.75, 3.05) is 7.05 Å². The molecule has 2 aliphatic carbocycles. The summed E-state index contributed by atoms with van der Waals surface area (Å²) >= 11 is 0. The highest BCUT2D eigenvalue weighted by molar-refractivity contribution is 5.98. The summed E-state index contributed by atoms with van der Waals surface area (Å²) in [7, 11) is 1.87. The predicted octanol–water partition coefficient (Wildman–Crippen LogP) is 4.28. The fourth-order valence-electron chi connectivity index (χ4n) is 4.40. The van der Waals surface area contributed by atoms with Crippen LogP contribution in [0.3, 0.4) is 0 Å². The molecule has 0 N–H and O–H groups in total. The molecule has 1 amide bonds. The van der Waals surface area contributed by atoms with E-state index in [9.17, 15) is 9.59 Å². The lowest BCUT2D eigenvalue weighted by Gasteiger charge is -2.25. The van der Waals surface area contributed by atoms with Gasteiger partial charge in [-0.3, -0.25) is 9.59 Å². The van der Waals surface area contributed by atoms with Crippen LogP contribution >= 0.6 is 0 Å². The smallest absolute Gasteiger partial charge is 0.223 e. The van der Waals surface area contributed by atoms with E-state index in [-0.39, 0.29) is 30.6 Å². The second-order valence-electron chi connectivity index (χ2n) is 7.52. The fourth-order valence-corrected chi connectivity index (χ4v) is 4.40. The maximum absolute atomic E-state index is 12.6. The van der Waals surface area contributed by atoms with Crippen LogP contribution in [0.1, 0.15) is 64.3 Å². The van der Waals surface area contributed by atoms with Crippen molar-refractivity contribution < 1.29 is 9.59 Å². The summed E-state index contributed by atoms with van der Waals surface area (Å²) in [5, 5.41) is 0. The average Bonchev–Trinajstić information content (AvgIpc) is 3.31. The summed E-state index contributed by atoms with van der Waals surface area (Å²) in [6.07, 6.45) is 5.93. The lowest BCUT2D eigenvalue weighted by molar-refractivity contribution is -0.132. The first kappa shape index (κ1) is 17.0. The molecule has 134 valence electrons. The van der Waals surface area contributed by atoms with Gasteiger partial charge in [-0.1, -0.05) is 36.4 Å². The first-order chi connectivity index (χ1) is 12.6. The summed E-state index contributed by atoms with van der Waals surface area (Å²) in [4.78, 5) is 27.0. The Balaban J connectivity index is 1.37. The van der Waals surface area contributed by atoms with Crippen LogP contribution < -0.4 is 0 Å². The van der Waals surface area contributed by atoms with Gasteiger partial charge in [-0.15, -0.1) is 0 Å². The van der Waals surface area contributed by atoms with Crippen molar-refractivity contribution >= 4 is 11.7 Å². The van der Waals surface area contributed by atoms with E-state index >= 15 is 0 Å². The highest BCUT2D eigenvalue weighted by atomic mass is 16.2. The number of carbonyl (C=O) groups is 2. The van der Waals surface area contributed by atoms with Gasteiger partial charge in [0, 0.05) is 25.5 Å². The normalized spacial score (nSPS) is 17.7. The Kier molecular flexibility index (Phi) is 4.62. The van der Waals surface area contributed by atoms with Crippen LogP contribution in [0.5, 0.6) is 0 Å². The molecule has 2 aliphatic rings. The number of fused-ring (bicyclic) bond motifs is 2. The molecular formula is C23H25NO2. The zero-order valence-electron chi connectivity index (χ0n) is 15.3. The molecule has 0 radical (unpaired) electrons. The number of ketones is 1. The maximum Gasteiger partial charge on any atom is 0.223 e. The van der Waals surface area contributed by atoms with Crippen molar-refractivity contribution in [3.63, 3.8) is 0 Å². The summed E-state index contributed by atoms with van der Waals surface area (Å²) in [6.45, 7) is 0. The Morgan fingerprint density at radius 1 is 0.962 bits per heavy atom. The monoisotopic (exact) mass is 347 g/mol. The maximum atomic E-state index is 12.6. The second kappa shape index (κ2) is 7.06. The minimum Gasteiger partial charge on any atom is -0.339 e. The number of aryl methyl sites for hydroxylation is 3. The number of Topliss-reactive ketones (excluding diaryl/α,β-unsaturated/α-hetero) is 1. The molecule has 0 aliphatic heterocycles. The van der Waals surface area contributed by atoms with Gasteiger partial charge >= 0.3 is 0 Å². The Morgan fingerprint density at radius 3 is 2.65 bits per heavy atom. The number of amides is 1. The summed E-state index contributed by atoms with van der Waals surface area (Å²) in [6, 6.07) is 14.5. The van der Waals surface area contributed by atoms with Crippen LogP contribution in [-0.2, 0) is 24.1 Å². The Hall–Kier alpha value is -2.42. The van der Waals surface area contributed by atoms with Crippen LogP contribution in [0, 0.1) is 0 Å². The fraction of sp³-hybridized carbons (Fsp3) is 0.391. The van der Waals surface area contributed by atoms with Gasteiger partial charge in [0.15, 0.2) is 5.78 Å². The molecule has 26 heavy (non-hydrogen) atoms. The van der Waals surface area contributed by atoms with E-state index in [0.29, 0.717) is 0 Å². The van der Waals surface area contributed by atoms with Gasteiger partial charge in [0.2, 0.25) is 5.91 Å². The summed E-state index contributed by atoms with van der Waals surface area (Å²) in [5.74, 6) is 0.134. The van der Waals surface area contributed by atoms with Crippen molar-refractivity contribution in [2.24, 2.45) is 0 Å². The topological polar surface area (TPSA) is 37.4 Å². The van der Waals surface area contributed by atoms with Crippen molar-refractivity contribution in [3.05, 3.63) is 70.3 Å². The molecule has 0 bridgehead atoms. The molecule has 2 aromatic rings. The zero-order chi connectivity index (χ0) is 18.1. The zero-order valence-corrected chi connectivity index (χ0v) is 15.3. The van der Waals surface area contributed by atoms with Crippen LogP contribution in [0.2, 0.25) is 0 Å². The highest BCUT2D eigenvalue weighted by Crippen LogP contribution is 2.35. The molecule has 0 fully saturated rings. The summed E-state index contributed by atoms with van der Waals surface area (Å²) in [5.41, 5.74) is 6.03. The van der Waals surface area contributed by atoms with Gasteiger partial charge in [0.25, 0.3) is 0 Å². The van der Waals surface area contributed by atoms with Gasteiger partial charge in [-0.2, -0.15) is 0 Å². The van der Waals surface area contributed by atoms with Gasteiger partial charge in [0.1, 0.15) is 0 Å². The standard InChI is InChI=1S/C23H25NO2/c1-24(21-12-11-17-5-2-3-8-20(17)21)23(26)14-13-22(25)19-10-9-16-6-4-7-18(16)15-19/h2-3,5,8-10,15,21H,4,6-7,11-14H2,1H3. The molecule has 3 heteroatoms. The molecule has 4 rings (SSSR count). The van der Waals surface area contributed by atoms with Crippen molar-refractivity contribution in [1.82, 2.24) is 4.90 Å². The van der Waals surface area contributed by atoms with E-state index in [1.54, 1.807) is 0 Å². The summed E-state index contributed by atoms with van der Waals surface area (Å²) < 4.78 is 0. The van der Waals surface area contributed by atoms with Crippen molar-refractivity contribution in [3.8, 4) is 0 Å². The van der Waals surface area contributed by atoms with Gasteiger partial charge in [-0.05, 0) is 60.4 Å². The molecular weight excluding hydrogens is 322 g/mol. The predicted molar refractivity (Wildman–Crippen MR) is 102 cm³/mol. The van der Waals surface area contributed by atoms with Crippen LogP contribution in [0.15, 0.2) is 42.5 Å². The number of carbonyl (C=O) groups excluding carboxylic acids is 2. The molecule has 0 heterocycles. The van der Waals surface area contributed by atoms with Crippen LogP contribution in [0.4, 0.5) is 0 Å². The molecule has 0 saturated heterocycles. The average molecular weight is 347 g/mol. The lowest BCUT2D eigenvalue weighted by Crippen LogP contribution is -2.30. The SMILES string of the molecule is CN(C(=O)CCC(=O)c1ccc2c(c1)CCC2)C1CCc2ccccc21. The van der Waals surface area contributed by atoms with E-state index in [2.05, 4.69) is 24.3 Å². The molecule has 3 nitrogen and oxygen atoms in total. The third kappa shape index (κ3) is 3.18. The van der Waals surface area contributed by atoms with E-state index in [0.717, 1.165) is 31.2 Å². The van der Waals surface area contributed by atoms with Gasteiger partial charge < -0.3 is 4.90 Å². The number of rotatable bonds is 5. The molecule has 1 unspecified atom stereocenters. The molecule has 1 atom stereocenters. The van der Waals surface area contributed by atoms with Gasteiger partial charge in [0.05, 0.1) is 6.04 Å². The van der Waals surface area contributed by atoms with E-state index in [4.69, 9.17) is 0 Å². The van der Waals surface area contributed by atoms with Crippen molar-refractivity contribution in [2.45, 2.75) is 51.0 Å². The molecule has 0 spiro atoms. The Morgan fingerprint density at radius 2 is 1.77 bits per heavy atom. The third-order valence-corrected chi connectivity index (χ3v) is 5.95. The first-order valence-corrected chi connectivity index (χ1v) is 9.62. The largest absolute Gasteiger partial charge is 0.339 e. The number of hydrogen-bond donors (Lipinski definition) is 0. The number of benzene rings is 2. The van der Waals surface area contributed by atoms with E-state index < -0.39 is 0 Å². The minimum atomic E-state index is 0.0567. The van der Waals surface area contributed by atoms with Crippen molar-refractivity contribution in [1.29, 1.82) is 0 Å².